The third-order valence-electron chi connectivity index (χ3n) is 2.33. The van der Waals surface area contributed by atoms with Crippen LogP contribution in [-0.4, -0.2) is 22.3 Å². The zero-order valence-corrected chi connectivity index (χ0v) is 7.43. The number of carbonyl (C=O) groups is 2. The van der Waals surface area contributed by atoms with Crippen LogP contribution in [0.15, 0.2) is 12.3 Å². The summed E-state index contributed by atoms with van der Waals surface area (Å²) in [4.78, 5) is 25.0. The van der Waals surface area contributed by atoms with E-state index in [1.165, 1.54) is 12.3 Å². The summed E-state index contributed by atoms with van der Waals surface area (Å²) in [5.41, 5.74) is 1.35. The van der Waals surface area contributed by atoms with E-state index in [9.17, 15) is 9.59 Å². The van der Waals surface area contributed by atoms with Crippen molar-refractivity contribution in [1.82, 2.24) is 4.98 Å². The highest BCUT2D eigenvalue weighted by Gasteiger charge is 2.27. The number of carboxylic acid groups (broad SMARTS) is 1. The van der Waals surface area contributed by atoms with E-state index in [1.807, 2.05) is 0 Å². The average molecular weight is 191 g/mol. The van der Waals surface area contributed by atoms with E-state index in [1.54, 1.807) is 0 Å². The van der Waals surface area contributed by atoms with Gasteiger partial charge in [-0.1, -0.05) is 0 Å². The van der Waals surface area contributed by atoms with Gasteiger partial charge in [0.2, 0.25) is 0 Å². The van der Waals surface area contributed by atoms with Crippen molar-refractivity contribution in [3.05, 3.63) is 29.1 Å². The van der Waals surface area contributed by atoms with Crippen molar-refractivity contribution in [2.24, 2.45) is 0 Å². The molecule has 0 aromatic carbocycles. The maximum Gasteiger partial charge on any atom is 0.354 e. The Balaban J connectivity index is 2.46. The maximum atomic E-state index is 10.7. The highest BCUT2D eigenvalue weighted by Crippen LogP contribution is 2.41. The van der Waals surface area contributed by atoms with E-state index >= 15 is 0 Å². The van der Waals surface area contributed by atoms with Gasteiger partial charge in [0.1, 0.15) is 5.69 Å². The number of carbonyl (C=O) groups excluding carboxylic acids is 1. The van der Waals surface area contributed by atoms with Crippen LogP contribution in [-0.2, 0) is 0 Å². The van der Waals surface area contributed by atoms with Gasteiger partial charge in [0.05, 0.1) is 0 Å². The van der Waals surface area contributed by atoms with Crippen molar-refractivity contribution in [3.8, 4) is 0 Å². The molecule has 1 aromatic heterocycles. The Morgan fingerprint density at radius 1 is 1.57 bits per heavy atom. The van der Waals surface area contributed by atoms with Gasteiger partial charge in [-0.3, -0.25) is 4.79 Å². The molecule has 14 heavy (non-hydrogen) atoms. The molecule has 1 aliphatic rings. The van der Waals surface area contributed by atoms with Crippen molar-refractivity contribution in [2.45, 2.75) is 18.8 Å². The molecular weight excluding hydrogens is 182 g/mol. The summed E-state index contributed by atoms with van der Waals surface area (Å²) in [6.07, 6.45) is 4.13. The summed E-state index contributed by atoms with van der Waals surface area (Å²) < 4.78 is 0. The second kappa shape index (κ2) is 3.21. The molecule has 2 rings (SSSR count). The quantitative estimate of drug-likeness (QED) is 0.734. The monoisotopic (exact) mass is 191 g/mol. The van der Waals surface area contributed by atoms with Gasteiger partial charge >= 0.3 is 5.97 Å². The third-order valence-corrected chi connectivity index (χ3v) is 2.33. The smallest absolute Gasteiger partial charge is 0.354 e. The van der Waals surface area contributed by atoms with Crippen LogP contribution in [0, 0.1) is 0 Å². The SMILES string of the molecule is O=Cc1cnc(C(=O)O)cc1C1CC1. The van der Waals surface area contributed by atoms with Crippen molar-refractivity contribution in [3.63, 3.8) is 0 Å². The number of rotatable bonds is 3. The topological polar surface area (TPSA) is 67.3 Å². The zero-order chi connectivity index (χ0) is 10.1. The minimum absolute atomic E-state index is 0.0116. The molecule has 0 saturated heterocycles. The number of aromatic nitrogens is 1. The molecule has 4 heteroatoms. The lowest BCUT2D eigenvalue weighted by atomic mass is 10.1. The predicted octanol–water partition coefficient (Wildman–Crippen LogP) is 1.47. The second-order valence-corrected chi connectivity index (χ2v) is 3.40. The Kier molecular flexibility index (Phi) is 2.04. The fraction of sp³-hybridized carbons (Fsp3) is 0.300. The number of carboxylic acids is 1. The summed E-state index contributed by atoms with van der Waals surface area (Å²) >= 11 is 0. The first-order valence-electron chi connectivity index (χ1n) is 4.41. The van der Waals surface area contributed by atoms with Gasteiger partial charge in [-0.05, 0) is 30.4 Å². The molecular formula is C10H9NO3. The molecule has 1 saturated carbocycles. The molecule has 1 aliphatic carbocycles. The largest absolute Gasteiger partial charge is 0.477 e. The van der Waals surface area contributed by atoms with Gasteiger partial charge in [-0.15, -0.1) is 0 Å². The Labute approximate surface area is 80.6 Å². The van der Waals surface area contributed by atoms with Gasteiger partial charge < -0.3 is 5.11 Å². The molecule has 0 atom stereocenters. The number of aromatic carboxylic acids is 1. The summed E-state index contributed by atoms with van der Waals surface area (Å²) in [6, 6.07) is 1.50. The minimum Gasteiger partial charge on any atom is -0.477 e. The van der Waals surface area contributed by atoms with Crippen molar-refractivity contribution in [2.75, 3.05) is 0 Å². The molecule has 0 radical (unpaired) electrons. The predicted molar refractivity (Wildman–Crippen MR) is 48.6 cm³/mol. The normalized spacial score (nSPS) is 15.1. The highest BCUT2D eigenvalue weighted by molar-refractivity contribution is 5.87. The maximum absolute atomic E-state index is 10.7. The molecule has 1 N–H and O–H groups in total. The van der Waals surface area contributed by atoms with Gasteiger partial charge in [-0.25, -0.2) is 9.78 Å². The number of hydrogen-bond acceptors (Lipinski definition) is 3. The molecule has 4 nitrogen and oxygen atoms in total. The van der Waals surface area contributed by atoms with Gasteiger partial charge in [0.15, 0.2) is 6.29 Å². The molecule has 0 spiro atoms. The fourth-order valence-electron chi connectivity index (χ4n) is 1.44. The first-order chi connectivity index (χ1) is 6.72. The lowest BCUT2D eigenvalue weighted by molar-refractivity contribution is 0.0690. The molecule has 1 aromatic rings. The molecule has 0 unspecified atom stereocenters. The minimum atomic E-state index is -1.05. The van der Waals surface area contributed by atoms with E-state index in [-0.39, 0.29) is 5.69 Å². The summed E-state index contributed by atoms with van der Waals surface area (Å²) in [5.74, 6) is -0.694. The molecule has 1 heterocycles. The Morgan fingerprint density at radius 3 is 2.79 bits per heavy atom. The van der Waals surface area contributed by atoms with Crippen molar-refractivity contribution < 1.29 is 14.7 Å². The number of hydrogen-bond donors (Lipinski definition) is 1. The first kappa shape index (κ1) is 8.87. The number of nitrogens with zero attached hydrogens (tertiary/aromatic N) is 1. The van der Waals surface area contributed by atoms with Crippen LogP contribution < -0.4 is 0 Å². The summed E-state index contributed by atoms with van der Waals surface area (Å²) in [5, 5.41) is 8.72. The van der Waals surface area contributed by atoms with Crippen LogP contribution in [0.4, 0.5) is 0 Å². The van der Waals surface area contributed by atoms with Gasteiger partial charge in [0, 0.05) is 11.8 Å². The number of aldehydes is 1. The zero-order valence-electron chi connectivity index (χ0n) is 7.43. The van der Waals surface area contributed by atoms with E-state index in [0.717, 1.165) is 24.7 Å². The van der Waals surface area contributed by atoms with Crippen molar-refractivity contribution >= 4 is 12.3 Å². The van der Waals surface area contributed by atoms with Crippen LogP contribution in [0.5, 0.6) is 0 Å². The van der Waals surface area contributed by atoms with E-state index in [2.05, 4.69) is 4.98 Å². The van der Waals surface area contributed by atoms with E-state index in [4.69, 9.17) is 5.11 Å². The molecule has 1 fully saturated rings. The Morgan fingerprint density at radius 2 is 2.29 bits per heavy atom. The summed E-state index contributed by atoms with van der Waals surface area (Å²) in [6.45, 7) is 0. The van der Waals surface area contributed by atoms with Crippen LogP contribution >= 0.6 is 0 Å². The second-order valence-electron chi connectivity index (χ2n) is 3.40. The van der Waals surface area contributed by atoms with Crippen LogP contribution in [0.1, 0.15) is 45.2 Å². The number of pyridine rings is 1. The third kappa shape index (κ3) is 1.51. The summed E-state index contributed by atoms with van der Waals surface area (Å²) in [7, 11) is 0. The molecule has 0 aliphatic heterocycles. The Bertz CT molecular complexity index is 396. The van der Waals surface area contributed by atoms with Gasteiger partial charge in [-0.2, -0.15) is 0 Å². The van der Waals surface area contributed by atoms with E-state index in [0.29, 0.717) is 11.5 Å². The Hall–Kier alpha value is -1.71. The van der Waals surface area contributed by atoms with Crippen LogP contribution in [0.25, 0.3) is 0 Å². The average Bonchev–Trinajstić information content (AvgIpc) is 3.00. The van der Waals surface area contributed by atoms with E-state index < -0.39 is 5.97 Å². The molecule has 0 amide bonds. The van der Waals surface area contributed by atoms with Crippen LogP contribution in [0.2, 0.25) is 0 Å². The van der Waals surface area contributed by atoms with Crippen molar-refractivity contribution in [1.29, 1.82) is 0 Å². The van der Waals surface area contributed by atoms with Gasteiger partial charge in [0.25, 0.3) is 0 Å². The van der Waals surface area contributed by atoms with Crippen LogP contribution in [0.3, 0.4) is 0 Å². The standard InChI is InChI=1S/C10H9NO3/c12-5-7-4-11-9(10(13)14)3-8(7)6-1-2-6/h3-6H,1-2H2,(H,13,14). The molecule has 0 bridgehead atoms. The lowest BCUT2D eigenvalue weighted by Crippen LogP contribution is -2.03. The lowest BCUT2D eigenvalue weighted by Gasteiger charge is -2.02. The molecule has 72 valence electrons. The highest BCUT2D eigenvalue weighted by atomic mass is 16.4. The fourth-order valence-corrected chi connectivity index (χ4v) is 1.44. The first-order valence-corrected chi connectivity index (χ1v) is 4.41.